The molecule has 0 bridgehead atoms. The van der Waals surface area contributed by atoms with Crippen LogP contribution in [0.2, 0.25) is 0 Å². The monoisotopic (exact) mass is 634 g/mol. The molecule has 3 N–H and O–H groups in total. The van der Waals surface area contributed by atoms with Gasteiger partial charge in [0.15, 0.2) is 0 Å². The molecule has 2 aliphatic heterocycles. The summed E-state index contributed by atoms with van der Waals surface area (Å²) in [4.78, 5) is 65.1. The number of aryl methyl sites for hydroxylation is 2. The predicted octanol–water partition coefficient (Wildman–Crippen LogP) is 4.97. The van der Waals surface area contributed by atoms with Gasteiger partial charge in [0.05, 0.1) is 38.0 Å². The smallest absolute Gasteiger partial charge is 0.339 e. The van der Waals surface area contributed by atoms with Gasteiger partial charge < -0.3 is 33.6 Å². The second-order valence-corrected chi connectivity index (χ2v) is 10.8. The van der Waals surface area contributed by atoms with Crippen LogP contribution in [0.15, 0.2) is 36.9 Å². The minimum absolute atomic E-state index is 0.106. The van der Waals surface area contributed by atoms with Crippen molar-refractivity contribution in [2.45, 2.75) is 45.2 Å². The highest BCUT2D eigenvalue weighted by Gasteiger charge is 2.28. The zero-order valence-corrected chi connectivity index (χ0v) is 25.7. The van der Waals surface area contributed by atoms with E-state index < -0.39 is 42.4 Å². The lowest BCUT2D eigenvalue weighted by atomic mass is 9.99. The van der Waals surface area contributed by atoms with Crippen LogP contribution < -0.4 is 0 Å². The number of hydrogen-bond acceptors (Lipinski definition) is 9. The Kier molecular flexibility index (Phi) is 10.4. The van der Waals surface area contributed by atoms with Crippen molar-refractivity contribution in [1.82, 2.24) is 9.13 Å². The number of carbonyl (C=O) groups is 5. The summed E-state index contributed by atoms with van der Waals surface area (Å²) in [5, 5.41) is 27.9. The van der Waals surface area contributed by atoms with Crippen LogP contribution in [-0.2, 0) is 28.7 Å². The highest BCUT2D eigenvalue weighted by molar-refractivity contribution is 6.03. The molecule has 0 saturated heterocycles. The molecule has 4 rings (SSSR count). The standard InChI is InChI=1S/C33H34N2O11/c1-18-11-20(23-13-34(22(17-36)9-10-46-43)15-25(29(18)23)32(41)44-3)5-6-21-12-19(2)30-24(21)14-35(16-26(30)33(42)45-4)27(31(39)40)7-8-28(37)38/h5-6,11-17,22,27,43H,7-10H2,1-4H3,(H,37,38)(H,39,40)/b6-5-. The van der Waals surface area contributed by atoms with Gasteiger partial charge in [-0.15, -0.1) is 0 Å². The summed E-state index contributed by atoms with van der Waals surface area (Å²) in [5.74, 6) is -3.68. The Morgan fingerprint density at radius 3 is 1.74 bits per heavy atom. The molecular formula is C33H34N2O11. The third-order valence-electron chi connectivity index (χ3n) is 7.92. The van der Waals surface area contributed by atoms with Gasteiger partial charge in [-0.05, 0) is 42.5 Å². The number of ether oxygens (including phenoxy) is 2. The van der Waals surface area contributed by atoms with E-state index in [1.54, 1.807) is 36.0 Å². The van der Waals surface area contributed by atoms with E-state index in [-0.39, 0.29) is 30.6 Å². The molecule has 4 aliphatic rings. The van der Waals surface area contributed by atoms with Gasteiger partial charge in [-0.1, -0.05) is 24.3 Å². The van der Waals surface area contributed by atoms with Crippen molar-refractivity contribution in [3.63, 3.8) is 0 Å². The third-order valence-corrected chi connectivity index (χ3v) is 7.92. The summed E-state index contributed by atoms with van der Waals surface area (Å²) in [6, 6.07) is 1.70. The van der Waals surface area contributed by atoms with Gasteiger partial charge in [0.1, 0.15) is 12.3 Å². The lowest BCUT2D eigenvalue weighted by Crippen LogP contribution is -2.22. The number of hydrogen-bond donors (Lipinski definition) is 3. The summed E-state index contributed by atoms with van der Waals surface area (Å²) in [6.07, 6.45) is 10.0. The summed E-state index contributed by atoms with van der Waals surface area (Å²) in [5.41, 5.74) is 5.59. The predicted molar refractivity (Wildman–Crippen MR) is 165 cm³/mol. The van der Waals surface area contributed by atoms with Crippen LogP contribution in [0.25, 0.3) is 34.4 Å². The first-order valence-electron chi connectivity index (χ1n) is 14.3. The summed E-state index contributed by atoms with van der Waals surface area (Å²) >= 11 is 0. The number of aliphatic carboxylic acids is 2. The van der Waals surface area contributed by atoms with Crippen LogP contribution >= 0.6 is 0 Å². The maximum absolute atomic E-state index is 12.8. The van der Waals surface area contributed by atoms with Crippen LogP contribution in [0.4, 0.5) is 0 Å². The number of carboxylic acids is 2. The largest absolute Gasteiger partial charge is 0.481 e. The highest BCUT2D eigenvalue weighted by Crippen LogP contribution is 2.40. The number of nitrogens with zero attached hydrogens (tertiary/aromatic N) is 2. The highest BCUT2D eigenvalue weighted by atomic mass is 17.1. The Bertz CT molecular complexity index is 1760. The molecule has 0 aromatic carbocycles. The average molecular weight is 635 g/mol. The van der Waals surface area contributed by atoms with Gasteiger partial charge in [-0.25, -0.2) is 19.3 Å². The molecule has 2 aliphatic carbocycles. The molecule has 13 heteroatoms. The van der Waals surface area contributed by atoms with E-state index in [0.29, 0.717) is 39.7 Å². The van der Waals surface area contributed by atoms with Crippen molar-refractivity contribution in [3.05, 3.63) is 70.3 Å². The van der Waals surface area contributed by atoms with Gasteiger partial charge in [-0.2, -0.15) is 0 Å². The number of aromatic nitrogens is 2. The molecule has 2 unspecified atom stereocenters. The molecule has 2 atom stereocenters. The maximum atomic E-state index is 12.8. The average Bonchev–Trinajstić information content (AvgIpc) is 3.53. The number of pyridine rings is 2. The van der Waals surface area contributed by atoms with Crippen LogP contribution in [-0.4, -0.2) is 75.6 Å². The first-order chi connectivity index (χ1) is 21.9. The summed E-state index contributed by atoms with van der Waals surface area (Å²) < 4.78 is 12.9. The quantitative estimate of drug-likeness (QED) is 0.0736. The molecule has 0 saturated carbocycles. The van der Waals surface area contributed by atoms with Crippen LogP contribution in [0, 0.1) is 13.8 Å². The number of esters is 2. The number of carbonyl (C=O) groups excluding carboxylic acids is 3. The summed E-state index contributed by atoms with van der Waals surface area (Å²) in [7, 11) is 2.48. The molecule has 0 spiro atoms. The fourth-order valence-electron chi connectivity index (χ4n) is 5.75. The van der Waals surface area contributed by atoms with Crippen molar-refractivity contribution in [1.29, 1.82) is 0 Å². The van der Waals surface area contributed by atoms with Gasteiger partial charge in [0.2, 0.25) is 0 Å². The van der Waals surface area contributed by atoms with Crippen LogP contribution in [0.1, 0.15) is 74.3 Å². The number of aldehydes is 1. The normalized spacial score (nSPS) is 12.8. The SMILES string of the molecule is COC(=O)c1cn(C(C=O)CCOO)cc2c(/C=C\c3cc(C)c4c(C(=O)OC)cn(C(CCC(=O)O)C(=O)O)cc3-4)cc(C)c1-2. The molecular weight excluding hydrogens is 600 g/mol. The van der Waals surface area contributed by atoms with Gasteiger partial charge in [-0.3, -0.25) is 10.1 Å². The fourth-order valence-corrected chi connectivity index (χ4v) is 5.75. The van der Waals surface area contributed by atoms with Gasteiger partial charge in [0.25, 0.3) is 0 Å². The van der Waals surface area contributed by atoms with Crippen molar-refractivity contribution >= 4 is 42.3 Å². The van der Waals surface area contributed by atoms with E-state index in [9.17, 15) is 29.1 Å². The van der Waals surface area contributed by atoms with Crippen molar-refractivity contribution in [2.75, 3.05) is 20.8 Å². The van der Waals surface area contributed by atoms with E-state index in [1.807, 2.05) is 19.1 Å². The Hall–Kier alpha value is -5.27. The van der Waals surface area contributed by atoms with E-state index in [0.717, 1.165) is 11.1 Å². The molecule has 13 nitrogen and oxygen atoms in total. The van der Waals surface area contributed by atoms with Crippen molar-refractivity contribution in [2.24, 2.45) is 0 Å². The van der Waals surface area contributed by atoms with Gasteiger partial charge >= 0.3 is 23.9 Å². The molecule has 242 valence electrons. The lowest BCUT2D eigenvalue weighted by molar-refractivity contribution is -0.243. The lowest BCUT2D eigenvalue weighted by Gasteiger charge is -2.20. The second-order valence-electron chi connectivity index (χ2n) is 10.8. The number of fused-ring (bicyclic) bond motifs is 2. The minimum atomic E-state index is -1.26. The molecule has 0 amide bonds. The summed E-state index contributed by atoms with van der Waals surface area (Å²) in [6.45, 7) is 3.54. The Balaban J connectivity index is 1.88. The maximum Gasteiger partial charge on any atom is 0.339 e. The zero-order chi connectivity index (χ0) is 33.7. The van der Waals surface area contributed by atoms with Crippen LogP contribution in [0.3, 0.4) is 0 Å². The van der Waals surface area contributed by atoms with Gasteiger partial charge in [0, 0.05) is 59.9 Å². The number of methoxy groups -OCH3 is 2. The zero-order valence-electron chi connectivity index (χ0n) is 25.7. The molecule has 0 fully saturated rings. The third kappa shape index (κ3) is 6.70. The number of carboxylic acid groups (broad SMARTS) is 2. The van der Waals surface area contributed by atoms with E-state index in [2.05, 4.69) is 4.89 Å². The molecule has 46 heavy (non-hydrogen) atoms. The topological polar surface area (TPSA) is 184 Å². The van der Waals surface area contributed by atoms with E-state index in [4.69, 9.17) is 19.8 Å². The first-order valence-corrected chi connectivity index (χ1v) is 14.3. The minimum Gasteiger partial charge on any atom is -0.481 e. The Morgan fingerprint density at radius 1 is 0.804 bits per heavy atom. The fraction of sp³-hybridized carbons (Fsp3) is 0.303. The number of rotatable bonds is 14. The first kappa shape index (κ1) is 33.6. The molecule has 2 heterocycles. The molecule has 0 aromatic heterocycles. The van der Waals surface area contributed by atoms with E-state index in [1.165, 1.54) is 31.2 Å². The Labute approximate surface area is 263 Å². The van der Waals surface area contributed by atoms with Crippen LogP contribution in [0.5, 0.6) is 0 Å². The van der Waals surface area contributed by atoms with E-state index >= 15 is 0 Å². The Morgan fingerprint density at radius 2 is 1.30 bits per heavy atom. The van der Waals surface area contributed by atoms with Crippen molar-refractivity contribution in [3.8, 4) is 22.3 Å². The van der Waals surface area contributed by atoms with Crippen molar-refractivity contribution < 1.29 is 53.8 Å². The second kappa shape index (κ2) is 14.2. The molecule has 0 aromatic rings. The molecule has 0 radical (unpaired) electrons.